The molecule has 37 heavy (non-hydrogen) atoms. The highest BCUT2D eigenvalue weighted by atomic mass is 32.2. The summed E-state index contributed by atoms with van der Waals surface area (Å²) in [5.74, 6) is 0.982. The SMILES string of the molecule is CC[C@H](C)n1c(=O)c(NCc2ccc(S(N)(=O)=O)cn2)nc2cnc(-c3c(C)ncnc3C3CC3)nc21. The molecule has 1 atom stereocenters. The molecule has 1 aliphatic carbocycles. The van der Waals surface area contributed by atoms with E-state index in [1.807, 2.05) is 20.8 Å². The van der Waals surface area contributed by atoms with Gasteiger partial charge >= 0.3 is 0 Å². The highest BCUT2D eigenvalue weighted by Crippen LogP contribution is 2.43. The second-order valence-electron chi connectivity index (χ2n) is 9.17. The fourth-order valence-corrected chi connectivity index (χ4v) is 4.58. The molecule has 192 valence electrons. The van der Waals surface area contributed by atoms with Crippen molar-refractivity contribution in [1.29, 1.82) is 0 Å². The van der Waals surface area contributed by atoms with Crippen LogP contribution in [0.1, 0.15) is 62.2 Å². The average molecular weight is 522 g/mol. The standard InChI is InChI=1S/C24H27N9O3S/c1-4-13(2)33-23-18(11-28-21(32-23)19-14(3)29-12-30-20(19)15-5-6-15)31-22(24(33)34)27-9-16-7-8-17(10-26-16)37(25,35)36/h7-8,10-13,15H,4-6,9H2,1-3H3,(H,27,31)(H2,25,35,36)/t13-/m0/s1. The molecule has 0 saturated heterocycles. The van der Waals surface area contributed by atoms with E-state index in [2.05, 4.69) is 30.2 Å². The Morgan fingerprint density at radius 3 is 2.57 bits per heavy atom. The number of nitrogens with two attached hydrogens (primary N) is 1. The van der Waals surface area contributed by atoms with E-state index < -0.39 is 10.0 Å². The summed E-state index contributed by atoms with van der Waals surface area (Å²) in [5.41, 5.74) is 3.64. The third-order valence-corrected chi connectivity index (χ3v) is 7.38. The number of rotatable bonds is 8. The fourth-order valence-electron chi connectivity index (χ4n) is 4.12. The number of aryl methyl sites for hydroxylation is 1. The van der Waals surface area contributed by atoms with Crippen LogP contribution >= 0.6 is 0 Å². The number of anilines is 1. The first kappa shape index (κ1) is 24.8. The molecule has 4 aromatic heterocycles. The minimum absolute atomic E-state index is 0.0870. The zero-order chi connectivity index (χ0) is 26.3. The van der Waals surface area contributed by atoms with Gasteiger partial charge in [0.15, 0.2) is 17.3 Å². The first-order valence-electron chi connectivity index (χ1n) is 12.0. The van der Waals surface area contributed by atoms with Gasteiger partial charge in [-0.05, 0) is 45.2 Å². The van der Waals surface area contributed by atoms with E-state index >= 15 is 0 Å². The molecule has 4 heterocycles. The number of hydrogen-bond acceptors (Lipinski definition) is 10. The molecule has 0 bridgehead atoms. The zero-order valence-corrected chi connectivity index (χ0v) is 21.5. The molecule has 3 N–H and O–H groups in total. The van der Waals surface area contributed by atoms with E-state index in [9.17, 15) is 13.2 Å². The van der Waals surface area contributed by atoms with Crippen molar-refractivity contribution in [2.75, 3.05) is 5.32 Å². The second kappa shape index (κ2) is 9.56. The van der Waals surface area contributed by atoms with Gasteiger partial charge in [-0.2, -0.15) is 0 Å². The van der Waals surface area contributed by atoms with Gasteiger partial charge in [0.2, 0.25) is 10.0 Å². The molecule has 0 aromatic carbocycles. The minimum Gasteiger partial charge on any atom is -0.360 e. The Labute approximate surface area is 213 Å². The molecule has 0 unspecified atom stereocenters. The van der Waals surface area contributed by atoms with Crippen LogP contribution in [0.25, 0.3) is 22.6 Å². The summed E-state index contributed by atoms with van der Waals surface area (Å²) >= 11 is 0. The molecular weight excluding hydrogens is 494 g/mol. The lowest BCUT2D eigenvalue weighted by Gasteiger charge is -2.18. The van der Waals surface area contributed by atoms with Crippen molar-refractivity contribution in [3.05, 3.63) is 58.3 Å². The molecule has 13 heteroatoms. The largest absolute Gasteiger partial charge is 0.360 e. The Balaban J connectivity index is 1.55. The number of fused-ring (bicyclic) bond motifs is 1. The maximum atomic E-state index is 13.5. The molecule has 0 radical (unpaired) electrons. The van der Waals surface area contributed by atoms with Crippen LogP contribution in [0.15, 0.2) is 40.5 Å². The van der Waals surface area contributed by atoms with Crippen LogP contribution in [-0.2, 0) is 16.6 Å². The van der Waals surface area contributed by atoms with Crippen molar-refractivity contribution in [2.45, 2.75) is 63.4 Å². The zero-order valence-electron chi connectivity index (χ0n) is 20.7. The van der Waals surface area contributed by atoms with Crippen LogP contribution in [-0.4, -0.2) is 42.9 Å². The summed E-state index contributed by atoms with van der Waals surface area (Å²) in [5, 5.41) is 8.15. The van der Waals surface area contributed by atoms with Gasteiger partial charge in [-0.15, -0.1) is 0 Å². The Bertz CT molecular complexity index is 1650. The third kappa shape index (κ3) is 4.91. The van der Waals surface area contributed by atoms with Crippen LogP contribution in [0.5, 0.6) is 0 Å². The molecule has 1 fully saturated rings. The first-order chi connectivity index (χ1) is 17.7. The summed E-state index contributed by atoms with van der Waals surface area (Å²) in [6.45, 7) is 6.01. The highest BCUT2D eigenvalue weighted by Gasteiger charge is 2.30. The fraction of sp³-hybridized carbons (Fsp3) is 0.375. The van der Waals surface area contributed by atoms with Gasteiger partial charge in [-0.3, -0.25) is 14.3 Å². The number of aromatic nitrogens is 7. The third-order valence-electron chi connectivity index (χ3n) is 6.48. The maximum absolute atomic E-state index is 13.5. The molecule has 0 spiro atoms. The first-order valence-corrected chi connectivity index (χ1v) is 13.5. The molecule has 12 nitrogen and oxygen atoms in total. The van der Waals surface area contributed by atoms with Gasteiger partial charge in [-0.1, -0.05) is 6.92 Å². The van der Waals surface area contributed by atoms with Crippen molar-refractivity contribution < 1.29 is 8.42 Å². The van der Waals surface area contributed by atoms with Gasteiger partial charge in [0.25, 0.3) is 5.56 Å². The Morgan fingerprint density at radius 2 is 1.92 bits per heavy atom. The molecule has 5 rings (SSSR count). The van der Waals surface area contributed by atoms with Crippen LogP contribution < -0.4 is 16.0 Å². The number of sulfonamides is 1. The molecule has 0 amide bonds. The lowest BCUT2D eigenvalue weighted by Crippen LogP contribution is -2.28. The summed E-state index contributed by atoms with van der Waals surface area (Å²) in [6, 6.07) is 2.74. The summed E-state index contributed by atoms with van der Waals surface area (Å²) in [6.07, 6.45) is 7.21. The van der Waals surface area contributed by atoms with Crippen LogP contribution in [0, 0.1) is 6.92 Å². The van der Waals surface area contributed by atoms with Gasteiger partial charge in [-0.25, -0.2) is 38.5 Å². The van der Waals surface area contributed by atoms with Gasteiger partial charge in [0, 0.05) is 18.2 Å². The maximum Gasteiger partial charge on any atom is 0.295 e. The van der Waals surface area contributed by atoms with Crippen LogP contribution in [0.3, 0.4) is 0 Å². The number of nitrogens with one attached hydrogen (secondary N) is 1. The Morgan fingerprint density at radius 1 is 1.14 bits per heavy atom. The normalized spacial score (nSPS) is 14.6. The van der Waals surface area contributed by atoms with E-state index in [4.69, 9.17) is 10.1 Å². The molecule has 0 aliphatic heterocycles. The molecule has 1 aliphatic rings. The van der Waals surface area contributed by atoms with Gasteiger partial charge < -0.3 is 5.32 Å². The average Bonchev–Trinajstić information content (AvgIpc) is 3.72. The van der Waals surface area contributed by atoms with E-state index in [0.717, 1.165) is 29.8 Å². The summed E-state index contributed by atoms with van der Waals surface area (Å²) < 4.78 is 24.5. The predicted octanol–water partition coefficient (Wildman–Crippen LogP) is 2.45. The monoisotopic (exact) mass is 521 g/mol. The number of nitrogens with zero attached hydrogens (tertiary/aromatic N) is 7. The van der Waals surface area contributed by atoms with Gasteiger partial charge in [0.05, 0.1) is 35.4 Å². The Hall–Kier alpha value is -3.84. The highest BCUT2D eigenvalue weighted by molar-refractivity contribution is 7.89. The summed E-state index contributed by atoms with van der Waals surface area (Å²) in [7, 11) is -3.84. The van der Waals surface area contributed by atoms with E-state index in [1.54, 1.807) is 17.1 Å². The van der Waals surface area contributed by atoms with Gasteiger partial charge in [0.1, 0.15) is 16.7 Å². The predicted molar refractivity (Wildman–Crippen MR) is 137 cm³/mol. The summed E-state index contributed by atoms with van der Waals surface area (Å²) in [4.78, 5) is 40.3. The number of hydrogen-bond donors (Lipinski definition) is 2. The van der Waals surface area contributed by atoms with Crippen molar-refractivity contribution in [3.63, 3.8) is 0 Å². The van der Waals surface area contributed by atoms with Crippen molar-refractivity contribution in [3.8, 4) is 11.4 Å². The topological polar surface area (TPSA) is 172 Å². The van der Waals surface area contributed by atoms with Crippen molar-refractivity contribution in [1.82, 2.24) is 34.5 Å². The molecule has 1 saturated carbocycles. The second-order valence-corrected chi connectivity index (χ2v) is 10.7. The van der Waals surface area contributed by atoms with E-state index in [-0.39, 0.29) is 28.9 Å². The lowest BCUT2D eigenvalue weighted by molar-refractivity contribution is 0.526. The lowest BCUT2D eigenvalue weighted by atomic mass is 10.1. The van der Waals surface area contributed by atoms with Crippen molar-refractivity contribution >= 4 is 27.0 Å². The number of primary sulfonamides is 1. The molecular formula is C24H27N9O3S. The van der Waals surface area contributed by atoms with Crippen molar-refractivity contribution in [2.24, 2.45) is 5.14 Å². The smallest absolute Gasteiger partial charge is 0.295 e. The number of pyridine rings is 1. The molecule has 4 aromatic rings. The van der Waals surface area contributed by atoms with E-state index in [1.165, 1.54) is 18.3 Å². The quantitative estimate of drug-likeness (QED) is 0.351. The van der Waals surface area contributed by atoms with Crippen LogP contribution in [0.4, 0.5) is 5.82 Å². The van der Waals surface area contributed by atoms with Crippen LogP contribution in [0.2, 0.25) is 0 Å². The van der Waals surface area contributed by atoms with E-state index in [0.29, 0.717) is 35.0 Å². The minimum atomic E-state index is -3.84. The Kier molecular flexibility index (Phi) is 6.42.